The Morgan fingerprint density at radius 2 is 2.25 bits per heavy atom. The fourth-order valence-corrected chi connectivity index (χ4v) is 2.39. The first-order valence-electron chi connectivity index (χ1n) is 6.13. The molecule has 0 aliphatic carbocycles. The van der Waals surface area contributed by atoms with Crippen LogP contribution in [0.25, 0.3) is 0 Å². The van der Waals surface area contributed by atoms with Crippen LogP contribution in [-0.4, -0.2) is 60.1 Å². The Bertz CT molecular complexity index is 231. The van der Waals surface area contributed by atoms with Gasteiger partial charge in [-0.05, 0) is 46.2 Å². The van der Waals surface area contributed by atoms with Crippen molar-refractivity contribution < 1.29 is 9.90 Å². The van der Waals surface area contributed by atoms with Gasteiger partial charge in [0.15, 0.2) is 0 Å². The molecule has 1 heterocycles. The van der Waals surface area contributed by atoms with E-state index < -0.39 is 5.97 Å². The molecule has 0 spiro atoms. The number of hydrogen-bond acceptors (Lipinski definition) is 3. The number of rotatable bonds is 5. The number of nitrogens with zero attached hydrogens (tertiary/aromatic N) is 2. The van der Waals surface area contributed by atoms with Crippen molar-refractivity contribution in [1.82, 2.24) is 9.80 Å². The summed E-state index contributed by atoms with van der Waals surface area (Å²) in [6.45, 7) is 7.48. The summed E-state index contributed by atoms with van der Waals surface area (Å²) >= 11 is 0. The van der Waals surface area contributed by atoms with Crippen LogP contribution >= 0.6 is 0 Å². The molecule has 4 heteroatoms. The van der Waals surface area contributed by atoms with E-state index in [1.54, 1.807) is 0 Å². The minimum absolute atomic E-state index is 0.165. The molecule has 16 heavy (non-hydrogen) atoms. The predicted molar refractivity (Wildman–Crippen MR) is 64.6 cm³/mol. The molecule has 1 N–H and O–H groups in total. The second-order valence-corrected chi connectivity index (χ2v) is 5.19. The maximum atomic E-state index is 10.8. The van der Waals surface area contributed by atoms with Gasteiger partial charge in [-0.3, -0.25) is 9.69 Å². The Labute approximate surface area is 98.2 Å². The lowest BCUT2D eigenvalue weighted by Gasteiger charge is -2.34. The second kappa shape index (κ2) is 6.21. The van der Waals surface area contributed by atoms with E-state index in [4.69, 9.17) is 5.11 Å². The molecule has 94 valence electrons. The largest absolute Gasteiger partial charge is 0.480 e. The number of carboxylic acid groups (broad SMARTS) is 1. The van der Waals surface area contributed by atoms with E-state index in [9.17, 15) is 4.79 Å². The molecule has 1 atom stereocenters. The van der Waals surface area contributed by atoms with Crippen LogP contribution in [0, 0.1) is 5.92 Å². The average Bonchev–Trinajstić information content (AvgIpc) is 2.15. The topological polar surface area (TPSA) is 43.8 Å². The average molecular weight is 228 g/mol. The van der Waals surface area contributed by atoms with Gasteiger partial charge in [0.25, 0.3) is 0 Å². The maximum Gasteiger partial charge on any atom is 0.317 e. The lowest BCUT2D eigenvalue weighted by molar-refractivity contribution is -0.139. The lowest BCUT2D eigenvalue weighted by Crippen LogP contribution is -2.43. The molecule has 0 aromatic rings. The first-order valence-corrected chi connectivity index (χ1v) is 6.13. The zero-order chi connectivity index (χ0) is 12.1. The molecule has 1 aliphatic rings. The highest BCUT2D eigenvalue weighted by Crippen LogP contribution is 2.17. The van der Waals surface area contributed by atoms with E-state index in [1.807, 2.05) is 0 Å². The van der Waals surface area contributed by atoms with Crippen molar-refractivity contribution >= 4 is 5.97 Å². The number of hydrogen-bond donors (Lipinski definition) is 1. The number of likely N-dealkylation sites (tertiary alicyclic amines) is 1. The van der Waals surface area contributed by atoms with Crippen molar-refractivity contribution in [3.63, 3.8) is 0 Å². The molecule has 0 aromatic carbocycles. The van der Waals surface area contributed by atoms with E-state index in [0.29, 0.717) is 12.0 Å². The fourth-order valence-electron chi connectivity index (χ4n) is 2.39. The van der Waals surface area contributed by atoms with E-state index in [1.165, 1.54) is 19.4 Å². The predicted octanol–water partition coefficient (Wildman–Crippen LogP) is 1.12. The van der Waals surface area contributed by atoms with E-state index in [-0.39, 0.29) is 6.54 Å². The molecular weight excluding hydrogens is 204 g/mol. The van der Waals surface area contributed by atoms with E-state index in [0.717, 1.165) is 13.1 Å². The minimum Gasteiger partial charge on any atom is -0.480 e. The monoisotopic (exact) mass is 228 g/mol. The summed E-state index contributed by atoms with van der Waals surface area (Å²) in [6.07, 6.45) is 2.47. The number of carboxylic acids is 1. The van der Waals surface area contributed by atoms with Crippen molar-refractivity contribution in [3.8, 4) is 0 Å². The molecule has 0 amide bonds. The summed E-state index contributed by atoms with van der Waals surface area (Å²) in [5.41, 5.74) is 0. The molecule has 1 rings (SSSR count). The molecule has 0 aromatic heterocycles. The van der Waals surface area contributed by atoms with Gasteiger partial charge in [-0.1, -0.05) is 0 Å². The zero-order valence-electron chi connectivity index (χ0n) is 10.6. The van der Waals surface area contributed by atoms with Crippen LogP contribution in [0.4, 0.5) is 0 Å². The van der Waals surface area contributed by atoms with Crippen LogP contribution in [-0.2, 0) is 4.79 Å². The zero-order valence-corrected chi connectivity index (χ0v) is 10.6. The van der Waals surface area contributed by atoms with Gasteiger partial charge in [-0.25, -0.2) is 0 Å². The Balaban J connectivity index is 2.44. The molecule has 0 saturated carbocycles. The maximum absolute atomic E-state index is 10.8. The molecule has 0 unspecified atom stereocenters. The minimum atomic E-state index is -0.724. The molecule has 4 nitrogen and oxygen atoms in total. The second-order valence-electron chi connectivity index (χ2n) is 5.19. The molecule has 1 fully saturated rings. The molecule has 0 radical (unpaired) electrons. The Morgan fingerprint density at radius 1 is 1.56 bits per heavy atom. The standard InChI is InChI=1S/C12H24N2O2/c1-10(2)14(9-12(15)16)8-11-5-4-6-13(3)7-11/h10-11H,4-9H2,1-3H3,(H,15,16)/t11-/m0/s1. The van der Waals surface area contributed by atoms with Gasteiger partial charge in [-0.2, -0.15) is 0 Å². The highest BCUT2D eigenvalue weighted by molar-refractivity contribution is 5.69. The summed E-state index contributed by atoms with van der Waals surface area (Å²) in [5.74, 6) is -0.0987. The van der Waals surface area contributed by atoms with E-state index in [2.05, 4.69) is 30.7 Å². The summed E-state index contributed by atoms with van der Waals surface area (Å²) < 4.78 is 0. The Hall–Kier alpha value is -0.610. The number of aliphatic carboxylic acids is 1. The van der Waals surface area contributed by atoms with Gasteiger partial charge >= 0.3 is 5.97 Å². The van der Waals surface area contributed by atoms with Crippen LogP contribution in [0.3, 0.4) is 0 Å². The van der Waals surface area contributed by atoms with Crippen molar-refractivity contribution in [2.24, 2.45) is 5.92 Å². The smallest absolute Gasteiger partial charge is 0.317 e. The number of piperidine rings is 1. The molecule has 1 saturated heterocycles. The number of carbonyl (C=O) groups is 1. The van der Waals surface area contributed by atoms with Gasteiger partial charge in [-0.15, -0.1) is 0 Å². The Morgan fingerprint density at radius 3 is 2.75 bits per heavy atom. The molecular formula is C12H24N2O2. The third-order valence-electron chi connectivity index (χ3n) is 3.28. The quantitative estimate of drug-likeness (QED) is 0.766. The van der Waals surface area contributed by atoms with Gasteiger partial charge < -0.3 is 10.0 Å². The van der Waals surface area contributed by atoms with Crippen LogP contribution in [0.5, 0.6) is 0 Å². The molecule has 1 aliphatic heterocycles. The molecule has 0 bridgehead atoms. The first kappa shape index (κ1) is 13.5. The summed E-state index contributed by atoms with van der Waals surface area (Å²) in [5, 5.41) is 8.86. The van der Waals surface area contributed by atoms with Gasteiger partial charge in [0.05, 0.1) is 6.54 Å². The van der Waals surface area contributed by atoms with Crippen molar-refractivity contribution in [2.75, 3.05) is 33.2 Å². The first-order chi connectivity index (χ1) is 7.49. The van der Waals surface area contributed by atoms with Gasteiger partial charge in [0, 0.05) is 19.1 Å². The third-order valence-corrected chi connectivity index (χ3v) is 3.28. The highest BCUT2D eigenvalue weighted by atomic mass is 16.4. The van der Waals surface area contributed by atoms with Crippen molar-refractivity contribution in [3.05, 3.63) is 0 Å². The normalized spacial score (nSPS) is 22.9. The van der Waals surface area contributed by atoms with Crippen LogP contribution in [0.1, 0.15) is 26.7 Å². The van der Waals surface area contributed by atoms with Gasteiger partial charge in [0.1, 0.15) is 0 Å². The van der Waals surface area contributed by atoms with Crippen LogP contribution in [0.15, 0.2) is 0 Å². The third kappa shape index (κ3) is 4.49. The Kier molecular flexibility index (Phi) is 5.22. The SMILES string of the molecule is CC(C)N(CC(=O)O)C[C@H]1CCCN(C)C1. The highest BCUT2D eigenvalue weighted by Gasteiger charge is 2.22. The van der Waals surface area contributed by atoms with Crippen LogP contribution in [0.2, 0.25) is 0 Å². The summed E-state index contributed by atoms with van der Waals surface area (Å²) in [4.78, 5) is 15.2. The fraction of sp³-hybridized carbons (Fsp3) is 0.917. The summed E-state index contributed by atoms with van der Waals surface area (Å²) in [6, 6.07) is 0.309. The van der Waals surface area contributed by atoms with Crippen molar-refractivity contribution in [1.29, 1.82) is 0 Å². The van der Waals surface area contributed by atoms with Gasteiger partial charge in [0.2, 0.25) is 0 Å². The van der Waals surface area contributed by atoms with E-state index >= 15 is 0 Å². The summed E-state index contributed by atoms with van der Waals surface area (Å²) in [7, 11) is 2.14. The van der Waals surface area contributed by atoms with Crippen LogP contribution < -0.4 is 0 Å². The van der Waals surface area contributed by atoms with Crippen molar-refractivity contribution in [2.45, 2.75) is 32.7 Å². The lowest BCUT2D eigenvalue weighted by atomic mass is 9.97.